The van der Waals surface area contributed by atoms with Crippen LogP contribution in [0, 0.1) is 0 Å². The Kier molecular flexibility index (Phi) is 19.8. The minimum atomic E-state index is -4.69. The summed E-state index contributed by atoms with van der Waals surface area (Å²) in [5.41, 5.74) is 3.46. The van der Waals surface area contributed by atoms with Crippen molar-refractivity contribution in [2.75, 3.05) is 63.8 Å². The van der Waals surface area contributed by atoms with Crippen molar-refractivity contribution in [3.05, 3.63) is 71.5 Å². The number of allylic oxidation sites excluding steroid dienone is 4. The number of amides is 4. The molecule has 67 heavy (non-hydrogen) atoms. The monoisotopic (exact) mass is 1010 g/mol. The number of unbranched alkanes of at least 4 members (excludes halogenated alkanes) is 3. The molecular formula is C46H63KN6O11S3. The van der Waals surface area contributed by atoms with Gasteiger partial charge in [-0.25, -0.2) is 21.6 Å². The van der Waals surface area contributed by atoms with Crippen molar-refractivity contribution < 1.29 is 106 Å². The van der Waals surface area contributed by atoms with E-state index < -0.39 is 31.1 Å². The molecule has 21 heteroatoms. The topological polar surface area (TPSA) is 238 Å². The van der Waals surface area contributed by atoms with Crippen molar-refractivity contribution in [1.29, 1.82) is 0 Å². The van der Waals surface area contributed by atoms with Gasteiger partial charge in [-0.3, -0.25) is 9.59 Å². The fraction of sp³-hybridized carbons (Fsp3) is 0.565. The molecule has 4 aliphatic heterocycles. The Morgan fingerprint density at radius 3 is 2.06 bits per heavy atom. The minimum Gasteiger partial charge on any atom is -0.744 e. The van der Waals surface area contributed by atoms with E-state index in [9.17, 15) is 40.3 Å². The molecule has 4 amide bonds. The summed E-state index contributed by atoms with van der Waals surface area (Å²) in [6.45, 7) is 10.7. The molecule has 0 aromatic heterocycles. The van der Waals surface area contributed by atoms with Gasteiger partial charge in [-0.1, -0.05) is 32.8 Å². The molecule has 0 spiro atoms. The van der Waals surface area contributed by atoms with Crippen molar-refractivity contribution in [1.82, 2.24) is 21.3 Å². The molecule has 4 aliphatic rings. The van der Waals surface area contributed by atoms with E-state index in [1.165, 1.54) is 24.3 Å². The van der Waals surface area contributed by atoms with Crippen molar-refractivity contribution in [2.45, 2.75) is 117 Å². The molecule has 0 unspecified atom stereocenters. The molecule has 0 bridgehead atoms. The fourth-order valence-corrected chi connectivity index (χ4v) is 11.8. The molecular weight excluding hydrogens is 948 g/mol. The molecule has 4 heterocycles. The first-order chi connectivity index (χ1) is 31.2. The first-order valence-corrected chi connectivity index (χ1v) is 26.4. The maximum Gasteiger partial charge on any atom is 1.00 e. The summed E-state index contributed by atoms with van der Waals surface area (Å²) in [7, 11) is -7.45. The number of rotatable bonds is 24. The first-order valence-electron chi connectivity index (χ1n) is 22.6. The molecule has 362 valence electrons. The largest absolute Gasteiger partial charge is 1.00 e. The number of urea groups is 1. The Labute approximate surface area is 442 Å². The van der Waals surface area contributed by atoms with Gasteiger partial charge in [0, 0.05) is 78.0 Å². The molecule has 3 atom stereocenters. The second-order valence-corrected chi connectivity index (χ2v) is 22.2. The third-order valence-corrected chi connectivity index (χ3v) is 16.0. The van der Waals surface area contributed by atoms with E-state index in [1.807, 2.05) is 69.3 Å². The van der Waals surface area contributed by atoms with Crippen molar-refractivity contribution in [3.63, 3.8) is 0 Å². The third kappa shape index (κ3) is 14.0. The van der Waals surface area contributed by atoms with Gasteiger partial charge in [-0.05, 0) is 81.5 Å². The second-order valence-electron chi connectivity index (χ2n) is 18.1. The quantitative estimate of drug-likeness (QED) is 0.0382. The van der Waals surface area contributed by atoms with E-state index in [-0.39, 0.29) is 91.1 Å². The smallest absolute Gasteiger partial charge is 0.744 e. The van der Waals surface area contributed by atoms with Crippen LogP contribution in [0.4, 0.5) is 16.2 Å². The van der Waals surface area contributed by atoms with Gasteiger partial charge in [-0.15, -0.1) is 0 Å². The van der Waals surface area contributed by atoms with E-state index in [4.69, 9.17) is 9.47 Å². The average Bonchev–Trinajstić information content (AvgIpc) is 3.92. The number of ether oxygens (including phenoxy) is 2. The van der Waals surface area contributed by atoms with Crippen LogP contribution in [0.15, 0.2) is 70.1 Å². The van der Waals surface area contributed by atoms with Crippen LogP contribution in [0.2, 0.25) is 0 Å². The van der Waals surface area contributed by atoms with Crippen LogP contribution in [0.5, 0.6) is 0 Å². The Bertz CT molecular complexity index is 2460. The molecule has 0 radical (unpaired) electrons. The van der Waals surface area contributed by atoms with Gasteiger partial charge >= 0.3 is 57.4 Å². The van der Waals surface area contributed by atoms with E-state index >= 15 is 0 Å². The van der Waals surface area contributed by atoms with Crippen LogP contribution in [-0.4, -0.2) is 130 Å². The van der Waals surface area contributed by atoms with Gasteiger partial charge < -0.3 is 44.7 Å². The van der Waals surface area contributed by atoms with E-state index in [1.54, 1.807) is 12.1 Å². The van der Waals surface area contributed by atoms with Crippen LogP contribution in [0.25, 0.3) is 0 Å². The van der Waals surface area contributed by atoms with Crippen LogP contribution >= 0.6 is 11.8 Å². The number of hydrogen-bond acceptors (Lipinski definition) is 13. The summed E-state index contributed by atoms with van der Waals surface area (Å²) in [6, 6.07) is 9.15. The first kappa shape index (κ1) is 55.3. The number of nitrogens with one attached hydrogen (secondary N) is 4. The molecule has 4 N–H and O–H groups in total. The van der Waals surface area contributed by atoms with Gasteiger partial charge in [0.15, 0.2) is 5.71 Å². The predicted octanol–water partition coefficient (Wildman–Crippen LogP) is 1.29. The fourth-order valence-electron chi connectivity index (χ4n) is 9.28. The standard InChI is InChI=1S/C46H64N6O11S3.K/c1-45(2)33-28-31(65(56,57)58)17-19-36(33)51(5)39(45)13-11-14-40-46(3,4)34-29-32(66(59,60)61)18-20-37(34)52(40)23-10-6-7-15-41(53)47-21-24-62-26-27-63-25-22-48-42(54)16-9-8-12-38-43-35(30-64-38)49-44(55)50-43;/h11,13-14,17-20,28-29,35,38,43H,6-10,12,15-16,21-27,30H2,1-5H3,(H5-,47,48,49,50,53,54,55,56,57,58,59,60,61);/q;+1/p-1/t35-,38-,43-;/m0./s1. The summed E-state index contributed by atoms with van der Waals surface area (Å²) in [5, 5.41) is 12.1. The van der Waals surface area contributed by atoms with Gasteiger partial charge in [0.25, 0.3) is 0 Å². The number of fused-ring (bicyclic) bond motifs is 3. The van der Waals surface area contributed by atoms with Crippen LogP contribution < -0.4 is 77.6 Å². The zero-order chi connectivity index (χ0) is 47.9. The van der Waals surface area contributed by atoms with Crippen molar-refractivity contribution >= 4 is 66.9 Å². The summed E-state index contributed by atoms with van der Waals surface area (Å²) in [4.78, 5) is 37.8. The molecule has 17 nitrogen and oxygen atoms in total. The summed E-state index contributed by atoms with van der Waals surface area (Å²) in [6.07, 6.45) is 11.5. The minimum absolute atomic E-state index is 0. The number of thioether (sulfide) groups is 1. The average molecular weight is 1010 g/mol. The SMILES string of the molecule is C[N+]1=C(/C=C/C=C2/N(CCCCCC(=O)NCCOCCOCCNC(=O)CCCC[C@@H]3SC[C@@H]4NC(=O)N[C@@H]43)c3ccc(S(=O)(=O)[O-])cc3C2(C)C)C(C)(C)c2cc(S(=O)(=O)[O-])ccc21.[K+]. The van der Waals surface area contributed by atoms with Crippen LogP contribution in [-0.2, 0) is 50.1 Å². The molecule has 2 saturated heterocycles. The molecule has 0 aliphatic carbocycles. The third-order valence-electron chi connectivity index (χ3n) is 12.8. The summed E-state index contributed by atoms with van der Waals surface area (Å²) < 4.78 is 84.6. The normalized spacial score (nSPS) is 20.9. The summed E-state index contributed by atoms with van der Waals surface area (Å²) >= 11 is 1.88. The summed E-state index contributed by atoms with van der Waals surface area (Å²) in [5.74, 6) is 0.849. The zero-order valence-corrected chi connectivity index (χ0v) is 44.9. The van der Waals surface area contributed by atoms with Gasteiger partial charge in [0.2, 0.25) is 17.5 Å². The van der Waals surface area contributed by atoms with E-state index in [2.05, 4.69) is 26.2 Å². The number of hydrogen-bond donors (Lipinski definition) is 4. The second kappa shape index (κ2) is 24.0. The maximum absolute atomic E-state index is 12.6. The molecule has 2 aromatic carbocycles. The molecule has 6 rings (SSSR count). The number of anilines is 1. The van der Waals surface area contributed by atoms with E-state index in [0.717, 1.165) is 60.6 Å². The van der Waals surface area contributed by atoms with E-state index in [0.29, 0.717) is 81.7 Å². The van der Waals surface area contributed by atoms with Crippen molar-refractivity contribution in [3.8, 4) is 0 Å². The van der Waals surface area contributed by atoms with Crippen molar-refractivity contribution in [2.24, 2.45) is 0 Å². The number of carbonyl (C=O) groups is 3. The number of carbonyl (C=O) groups excluding carboxylic acids is 3. The Hall–Kier alpha value is -2.67. The Morgan fingerprint density at radius 2 is 1.43 bits per heavy atom. The van der Waals surface area contributed by atoms with Crippen LogP contribution in [0.3, 0.4) is 0 Å². The Morgan fingerprint density at radius 1 is 0.836 bits per heavy atom. The predicted molar refractivity (Wildman–Crippen MR) is 250 cm³/mol. The maximum atomic E-state index is 12.6. The number of nitrogens with zero attached hydrogens (tertiary/aromatic N) is 2. The molecule has 2 aromatic rings. The molecule has 2 fully saturated rings. The van der Waals surface area contributed by atoms with Gasteiger partial charge in [0.05, 0.1) is 53.7 Å². The Balaban J connectivity index is 0.00000840. The van der Waals surface area contributed by atoms with Gasteiger partial charge in [0.1, 0.15) is 27.3 Å². The van der Waals surface area contributed by atoms with Crippen LogP contribution in [0.1, 0.15) is 90.2 Å². The number of benzene rings is 2. The molecule has 0 saturated carbocycles. The zero-order valence-electron chi connectivity index (χ0n) is 39.4. The van der Waals surface area contributed by atoms with Gasteiger partial charge in [-0.2, -0.15) is 16.3 Å².